The number of carbonyl (C=O) groups excluding carboxylic acids is 3. The topological polar surface area (TPSA) is 121 Å². The Morgan fingerprint density at radius 1 is 1.28 bits per heavy atom. The smallest absolute Gasteiger partial charge is 0.329 e. The summed E-state index contributed by atoms with van der Waals surface area (Å²) in [6.07, 6.45) is 0.229. The third kappa shape index (κ3) is 5.35. The molecule has 0 unspecified atom stereocenters. The van der Waals surface area contributed by atoms with Crippen molar-refractivity contribution in [1.82, 2.24) is 10.6 Å². The maximum absolute atomic E-state index is 12.1. The molecule has 0 saturated heterocycles. The molecule has 2 N–H and O–H groups in total. The summed E-state index contributed by atoms with van der Waals surface area (Å²) in [5.41, 5.74) is -1.07. The van der Waals surface area contributed by atoms with Crippen LogP contribution in [0.25, 0.3) is 0 Å². The number of rotatable bonds is 7. The maximum atomic E-state index is 12.1. The third-order valence-corrected chi connectivity index (χ3v) is 3.88. The van der Waals surface area contributed by atoms with Crippen molar-refractivity contribution in [1.29, 1.82) is 5.26 Å². The van der Waals surface area contributed by atoms with Gasteiger partial charge in [-0.25, -0.2) is 4.79 Å². The van der Waals surface area contributed by atoms with E-state index in [9.17, 15) is 19.6 Å². The predicted molar refractivity (Wildman–Crippen MR) is 88.2 cm³/mol. The number of esters is 1. The highest BCUT2D eigenvalue weighted by molar-refractivity contribution is 5.94. The average molecular weight is 349 g/mol. The van der Waals surface area contributed by atoms with Crippen molar-refractivity contribution in [2.45, 2.75) is 52.3 Å². The van der Waals surface area contributed by atoms with E-state index in [1.54, 1.807) is 26.8 Å². The molecule has 25 heavy (non-hydrogen) atoms. The predicted octanol–water partition coefficient (Wildman–Crippen LogP) is 1.38. The first-order valence-corrected chi connectivity index (χ1v) is 7.89. The van der Waals surface area contributed by atoms with Crippen LogP contribution in [0.15, 0.2) is 22.8 Å². The van der Waals surface area contributed by atoms with Crippen LogP contribution < -0.4 is 10.6 Å². The van der Waals surface area contributed by atoms with Gasteiger partial charge in [-0.15, -0.1) is 0 Å². The summed E-state index contributed by atoms with van der Waals surface area (Å²) >= 11 is 0. The van der Waals surface area contributed by atoms with Crippen molar-refractivity contribution in [3.8, 4) is 6.07 Å². The van der Waals surface area contributed by atoms with Crippen LogP contribution in [-0.4, -0.2) is 35.5 Å². The standard InChI is InChI=1S/C17H23N3O5/c1-10(2)17(5,9-18)20-14(21)12(4)25-16(23)11(3)19-15(22)13-7-6-8-24-13/h6-8,10-12H,1-5H3,(H,19,22)(H,20,21)/t11-,12-,17+/m0/s1. The molecule has 0 spiro atoms. The fraction of sp³-hybridized carbons (Fsp3) is 0.529. The van der Waals surface area contributed by atoms with E-state index in [0.717, 1.165) is 0 Å². The summed E-state index contributed by atoms with van der Waals surface area (Å²) in [5.74, 6) is -1.99. The van der Waals surface area contributed by atoms with E-state index in [1.807, 2.05) is 6.07 Å². The molecule has 8 heteroatoms. The largest absolute Gasteiger partial charge is 0.459 e. The number of ether oxygens (including phenoxy) is 1. The van der Waals surface area contributed by atoms with Gasteiger partial charge in [-0.05, 0) is 38.8 Å². The molecule has 3 atom stereocenters. The lowest BCUT2D eigenvalue weighted by atomic mass is 9.90. The lowest BCUT2D eigenvalue weighted by Gasteiger charge is -2.28. The molecule has 1 rings (SSSR count). The first-order valence-electron chi connectivity index (χ1n) is 7.89. The minimum Gasteiger partial charge on any atom is -0.459 e. The zero-order valence-electron chi connectivity index (χ0n) is 15.0. The van der Waals surface area contributed by atoms with Crippen LogP contribution in [0, 0.1) is 17.2 Å². The monoisotopic (exact) mass is 349 g/mol. The number of nitriles is 1. The highest BCUT2D eigenvalue weighted by atomic mass is 16.5. The fourth-order valence-corrected chi connectivity index (χ4v) is 1.72. The quantitative estimate of drug-likeness (QED) is 0.717. The van der Waals surface area contributed by atoms with Crippen LogP contribution in [0.1, 0.15) is 45.2 Å². The van der Waals surface area contributed by atoms with Crippen LogP contribution in [-0.2, 0) is 14.3 Å². The zero-order chi connectivity index (χ0) is 19.2. The van der Waals surface area contributed by atoms with Crippen LogP contribution in [0.4, 0.5) is 0 Å². The zero-order valence-corrected chi connectivity index (χ0v) is 15.0. The first-order chi connectivity index (χ1) is 11.6. The van der Waals surface area contributed by atoms with Gasteiger partial charge in [-0.2, -0.15) is 5.26 Å². The van der Waals surface area contributed by atoms with E-state index < -0.39 is 35.5 Å². The minimum absolute atomic E-state index is 0.0622. The van der Waals surface area contributed by atoms with Gasteiger partial charge in [0.1, 0.15) is 11.6 Å². The molecular weight excluding hydrogens is 326 g/mol. The van der Waals surface area contributed by atoms with Gasteiger partial charge in [0.05, 0.1) is 12.3 Å². The van der Waals surface area contributed by atoms with Crippen LogP contribution in [0.3, 0.4) is 0 Å². The first kappa shape index (κ1) is 20.2. The summed E-state index contributed by atoms with van der Waals surface area (Å²) in [5, 5.41) is 14.2. The molecule has 0 bridgehead atoms. The Hall–Kier alpha value is -2.82. The lowest BCUT2D eigenvalue weighted by Crippen LogP contribution is -2.53. The second kappa shape index (κ2) is 8.33. The van der Waals surface area contributed by atoms with E-state index in [0.29, 0.717) is 0 Å². The normalized spacial score (nSPS) is 15.4. The Morgan fingerprint density at radius 2 is 1.92 bits per heavy atom. The average Bonchev–Trinajstić information content (AvgIpc) is 3.08. The van der Waals surface area contributed by atoms with E-state index in [2.05, 4.69) is 10.6 Å². The van der Waals surface area contributed by atoms with Gasteiger partial charge in [0.25, 0.3) is 11.8 Å². The molecular formula is C17H23N3O5. The number of hydrogen-bond donors (Lipinski definition) is 2. The van der Waals surface area contributed by atoms with E-state index in [1.165, 1.54) is 26.2 Å². The molecule has 2 amide bonds. The molecule has 136 valence electrons. The maximum Gasteiger partial charge on any atom is 0.329 e. The Kier molecular flexibility index (Phi) is 6.74. The molecule has 1 heterocycles. The Balaban J connectivity index is 2.59. The highest BCUT2D eigenvalue weighted by Crippen LogP contribution is 2.15. The molecule has 1 aromatic heterocycles. The SMILES string of the molecule is CC(C)[C@@](C)(C#N)NC(=O)[C@H](C)OC(=O)[C@H](C)NC(=O)c1ccco1. The fourth-order valence-electron chi connectivity index (χ4n) is 1.72. The summed E-state index contributed by atoms with van der Waals surface area (Å²) in [6, 6.07) is 4.07. The molecule has 8 nitrogen and oxygen atoms in total. The van der Waals surface area contributed by atoms with Crippen LogP contribution >= 0.6 is 0 Å². The van der Waals surface area contributed by atoms with Gasteiger partial charge in [0.15, 0.2) is 11.9 Å². The highest BCUT2D eigenvalue weighted by Gasteiger charge is 2.33. The second-order valence-electron chi connectivity index (χ2n) is 6.21. The van der Waals surface area contributed by atoms with E-state index >= 15 is 0 Å². The molecule has 0 fully saturated rings. The van der Waals surface area contributed by atoms with Crippen molar-refractivity contribution in [3.05, 3.63) is 24.2 Å². The Bertz CT molecular complexity index is 662. The molecule has 0 aliphatic rings. The number of hydrogen-bond acceptors (Lipinski definition) is 6. The third-order valence-electron chi connectivity index (χ3n) is 3.88. The van der Waals surface area contributed by atoms with Crippen LogP contribution in [0.5, 0.6) is 0 Å². The summed E-state index contributed by atoms with van der Waals surface area (Å²) in [7, 11) is 0. The van der Waals surface area contributed by atoms with Crippen molar-refractivity contribution in [2.24, 2.45) is 5.92 Å². The lowest BCUT2D eigenvalue weighted by molar-refractivity contribution is -0.156. The molecule has 0 aliphatic carbocycles. The number of amides is 2. The number of furan rings is 1. The van der Waals surface area contributed by atoms with Gasteiger partial charge in [0.2, 0.25) is 0 Å². The molecule has 0 saturated carbocycles. The van der Waals surface area contributed by atoms with Crippen molar-refractivity contribution in [3.63, 3.8) is 0 Å². The number of carbonyl (C=O) groups is 3. The van der Waals surface area contributed by atoms with Gasteiger partial charge in [-0.1, -0.05) is 13.8 Å². The van der Waals surface area contributed by atoms with Gasteiger partial charge in [0, 0.05) is 0 Å². The summed E-state index contributed by atoms with van der Waals surface area (Å²) < 4.78 is 9.98. The van der Waals surface area contributed by atoms with Crippen molar-refractivity contribution < 1.29 is 23.5 Å². The van der Waals surface area contributed by atoms with Crippen LogP contribution in [0.2, 0.25) is 0 Å². The molecule has 0 aliphatic heterocycles. The van der Waals surface area contributed by atoms with Gasteiger partial charge in [-0.3, -0.25) is 9.59 Å². The molecule has 0 radical (unpaired) electrons. The number of nitrogens with one attached hydrogen (secondary N) is 2. The van der Waals surface area contributed by atoms with Gasteiger partial charge >= 0.3 is 5.97 Å². The number of nitrogens with zero attached hydrogens (tertiary/aromatic N) is 1. The Labute approximate surface area is 146 Å². The summed E-state index contributed by atoms with van der Waals surface area (Å²) in [4.78, 5) is 36.0. The van der Waals surface area contributed by atoms with E-state index in [-0.39, 0.29) is 11.7 Å². The van der Waals surface area contributed by atoms with Crippen molar-refractivity contribution in [2.75, 3.05) is 0 Å². The second-order valence-corrected chi connectivity index (χ2v) is 6.21. The van der Waals surface area contributed by atoms with E-state index in [4.69, 9.17) is 9.15 Å². The molecule has 1 aromatic rings. The molecule has 0 aromatic carbocycles. The Morgan fingerprint density at radius 3 is 2.40 bits per heavy atom. The minimum atomic E-state index is -1.11. The van der Waals surface area contributed by atoms with Gasteiger partial charge < -0.3 is 19.8 Å². The van der Waals surface area contributed by atoms with Crippen molar-refractivity contribution >= 4 is 17.8 Å². The summed E-state index contributed by atoms with van der Waals surface area (Å²) in [6.45, 7) is 8.02.